The number of carbonyl (C=O) groups excluding carboxylic acids is 2. The Kier molecular flexibility index (Phi) is 4.85. The molecule has 2 aromatic heterocycles. The van der Waals surface area contributed by atoms with Crippen LogP contribution in [0.3, 0.4) is 0 Å². The van der Waals surface area contributed by atoms with Gasteiger partial charge in [-0.2, -0.15) is 0 Å². The van der Waals surface area contributed by atoms with Crippen molar-refractivity contribution in [2.75, 3.05) is 27.3 Å². The van der Waals surface area contributed by atoms with Gasteiger partial charge in [-0.1, -0.05) is 0 Å². The van der Waals surface area contributed by atoms with Crippen LogP contribution in [-0.2, 0) is 9.53 Å². The number of hydrogen-bond acceptors (Lipinski definition) is 4. The van der Waals surface area contributed by atoms with Gasteiger partial charge < -0.3 is 19.5 Å². The molecule has 1 aliphatic heterocycles. The second-order valence-electron chi connectivity index (χ2n) is 6.09. The summed E-state index contributed by atoms with van der Waals surface area (Å²) in [6.07, 6.45) is 6.73. The number of rotatable bonds is 5. The van der Waals surface area contributed by atoms with Crippen molar-refractivity contribution in [3.63, 3.8) is 0 Å². The summed E-state index contributed by atoms with van der Waals surface area (Å²) in [5.41, 5.74) is 0.184. The minimum atomic E-state index is -0.980. The van der Waals surface area contributed by atoms with Crippen LogP contribution in [0.4, 0.5) is 0 Å². The number of aromatic nitrogens is 2. The lowest BCUT2D eigenvalue weighted by Gasteiger charge is -2.36. The maximum absolute atomic E-state index is 13.1. The van der Waals surface area contributed by atoms with Crippen molar-refractivity contribution in [3.05, 3.63) is 48.5 Å². The standard InChI is InChI=1S/C18H22N4O3/c1-19-17(24)18(13-25-2)7-5-11-22(18)16(23)15-12-14(6-8-20-15)21-9-3-4-10-21/h3-4,6,8-10,12H,5,7,11,13H2,1-2H3,(H,19,24). The fourth-order valence-electron chi connectivity index (χ4n) is 3.44. The van der Waals surface area contributed by atoms with Gasteiger partial charge >= 0.3 is 0 Å². The van der Waals surface area contributed by atoms with Gasteiger partial charge in [0, 0.05) is 45.0 Å². The Labute approximate surface area is 146 Å². The third-order valence-corrected chi connectivity index (χ3v) is 4.63. The average molecular weight is 342 g/mol. The SMILES string of the molecule is CNC(=O)C1(COC)CCCN1C(=O)c1cc(-n2cccc2)ccn1. The molecule has 0 spiro atoms. The quantitative estimate of drug-likeness (QED) is 0.887. The van der Waals surface area contributed by atoms with Gasteiger partial charge in [0.1, 0.15) is 11.2 Å². The van der Waals surface area contributed by atoms with Crippen molar-refractivity contribution in [1.82, 2.24) is 19.8 Å². The van der Waals surface area contributed by atoms with Gasteiger partial charge in [0.25, 0.3) is 5.91 Å². The molecule has 1 unspecified atom stereocenters. The highest BCUT2D eigenvalue weighted by Crippen LogP contribution is 2.31. The van der Waals surface area contributed by atoms with Crippen LogP contribution < -0.4 is 5.32 Å². The molecule has 2 amide bonds. The predicted molar refractivity (Wildman–Crippen MR) is 92.5 cm³/mol. The van der Waals surface area contributed by atoms with Crippen LogP contribution in [0.1, 0.15) is 23.3 Å². The number of hydrogen-bond donors (Lipinski definition) is 1. The van der Waals surface area contributed by atoms with E-state index in [1.54, 1.807) is 24.2 Å². The molecule has 0 radical (unpaired) electrons. The molecule has 1 aliphatic rings. The first kappa shape index (κ1) is 17.2. The number of nitrogens with one attached hydrogen (secondary N) is 1. The number of methoxy groups -OCH3 is 1. The van der Waals surface area contributed by atoms with Crippen molar-refractivity contribution in [2.45, 2.75) is 18.4 Å². The summed E-state index contributed by atoms with van der Waals surface area (Å²) >= 11 is 0. The topological polar surface area (TPSA) is 76.5 Å². The van der Waals surface area contributed by atoms with Gasteiger partial charge in [-0.3, -0.25) is 14.6 Å². The first-order valence-electron chi connectivity index (χ1n) is 8.25. The van der Waals surface area contributed by atoms with Gasteiger partial charge in [0.05, 0.1) is 6.61 Å². The van der Waals surface area contributed by atoms with Crippen LogP contribution in [0.5, 0.6) is 0 Å². The minimum Gasteiger partial charge on any atom is -0.382 e. The fourth-order valence-corrected chi connectivity index (χ4v) is 3.44. The smallest absolute Gasteiger partial charge is 0.273 e. The van der Waals surface area contributed by atoms with E-state index in [4.69, 9.17) is 4.74 Å². The number of amides is 2. The second-order valence-corrected chi connectivity index (χ2v) is 6.09. The van der Waals surface area contributed by atoms with Crippen molar-refractivity contribution < 1.29 is 14.3 Å². The zero-order chi connectivity index (χ0) is 17.9. The Morgan fingerprint density at radius 1 is 1.36 bits per heavy atom. The zero-order valence-corrected chi connectivity index (χ0v) is 14.4. The van der Waals surface area contributed by atoms with Crippen LogP contribution in [0, 0.1) is 0 Å². The molecule has 2 aromatic rings. The first-order chi connectivity index (χ1) is 12.1. The van der Waals surface area contributed by atoms with Gasteiger partial charge in [0.2, 0.25) is 5.91 Å². The van der Waals surface area contributed by atoms with Crippen LogP contribution in [-0.4, -0.2) is 59.1 Å². The number of carbonyl (C=O) groups is 2. The Hall–Kier alpha value is -2.67. The molecule has 1 atom stereocenters. The number of likely N-dealkylation sites (N-methyl/N-ethyl adjacent to an activating group) is 1. The minimum absolute atomic E-state index is 0.162. The molecule has 1 saturated heterocycles. The molecule has 7 nitrogen and oxygen atoms in total. The fraction of sp³-hybridized carbons (Fsp3) is 0.389. The van der Waals surface area contributed by atoms with E-state index in [1.165, 1.54) is 7.11 Å². The molecule has 0 aliphatic carbocycles. The Bertz CT molecular complexity index is 759. The summed E-state index contributed by atoms with van der Waals surface area (Å²) in [4.78, 5) is 31.4. The number of nitrogens with zero attached hydrogens (tertiary/aromatic N) is 3. The Balaban J connectivity index is 1.94. The van der Waals surface area contributed by atoms with Crippen LogP contribution >= 0.6 is 0 Å². The summed E-state index contributed by atoms with van der Waals surface area (Å²) in [5.74, 6) is -0.464. The lowest BCUT2D eigenvalue weighted by Crippen LogP contribution is -2.59. The van der Waals surface area contributed by atoms with Gasteiger partial charge in [0.15, 0.2) is 0 Å². The highest BCUT2D eigenvalue weighted by molar-refractivity contribution is 5.99. The highest BCUT2D eigenvalue weighted by atomic mass is 16.5. The van der Waals surface area contributed by atoms with Crippen molar-refractivity contribution in [3.8, 4) is 5.69 Å². The lowest BCUT2D eigenvalue weighted by atomic mass is 9.95. The van der Waals surface area contributed by atoms with E-state index in [-0.39, 0.29) is 18.4 Å². The van der Waals surface area contributed by atoms with Crippen LogP contribution in [0.15, 0.2) is 42.9 Å². The van der Waals surface area contributed by atoms with Crippen molar-refractivity contribution in [2.24, 2.45) is 0 Å². The predicted octanol–water partition coefficient (Wildman–Crippen LogP) is 1.24. The van der Waals surface area contributed by atoms with E-state index in [2.05, 4.69) is 10.3 Å². The van der Waals surface area contributed by atoms with E-state index in [9.17, 15) is 9.59 Å². The van der Waals surface area contributed by atoms with Crippen LogP contribution in [0.25, 0.3) is 5.69 Å². The molecule has 1 fully saturated rings. The molecular formula is C18H22N4O3. The second kappa shape index (κ2) is 7.06. The van der Waals surface area contributed by atoms with E-state index in [0.29, 0.717) is 18.7 Å². The third kappa shape index (κ3) is 3.02. The zero-order valence-electron chi connectivity index (χ0n) is 14.4. The molecule has 132 valence electrons. The highest BCUT2D eigenvalue weighted by Gasteiger charge is 2.49. The Morgan fingerprint density at radius 3 is 2.80 bits per heavy atom. The lowest BCUT2D eigenvalue weighted by molar-refractivity contribution is -0.133. The summed E-state index contributed by atoms with van der Waals surface area (Å²) < 4.78 is 7.18. The largest absolute Gasteiger partial charge is 0.382 e. The number of ether oxygens (including phenoxy) is 1. The molecule has 0 aromatic carbocycles. The average Bonchev–Trinajstić information content (AvgIpc) is 3.31. The van der Waals surface area contributed by atoms with Crippen LogP contribution in [0.2, 0.25) is 0 Å². The van der Waals surface area contributed by atoms with E-state index >= 15 is 0 Å². The third-order valence-electron chi connectivity index (χ3n) is 4.63. The molecular weight excluding hydrogens is 320 g/mol. The van der Waals surface area contributed by atoms with E-state index < -0.39 is 5.54 Å². The normalized spacial score (nSPS) is 19.8. The number of likely N-dealkylation sites (tertiary alicyclic amines) is 1. The molecule has 1 N–H and O–H groups in total. The molecule has 0 saturated carbocycles. The maximum atomic E-state index is 13.1. The number of pyridine rings is 1. The summed E-state index contributed by atoms with van der Waals surface area (Å²) in [7, 11) is 3.11. The molecule has 0 bridgehead atoms. The molecule has 25 heavy (non-hydrogen) atoms. The van der Waals surface area contributed by atoms with Gasteiger partial charge in [-0.25, -0.2) is 0 Å². The van der Waals surface area contributed by atoms with Crippen molar-refractivity contribution in [1.29, 1.82) is 0 Å². The van der Waals surface area contributed by atoms with Gasteiger partial charge in [-0.15, -0.1) is 0 Å². The molecule has 3 heterocycles. The van der Waals surface area contributed by atoms with Crippen molar-refractivity contribution >= 4 is 11.8 Å². The Morgan fingerprint density at radius 2 is 2.12 bits per heavy atom. The van der Waals surface area contributed by atoms with E-state index in [0.717, 1.165) is 12.1 Å². The summed E-state index contributed by atoms with van der Waals surface area (Å²) in [6, 6.07) is 7.40. The molecule has 3 rings (SSSR count). The first-order valence-corrected chi connectivity index (χ1v) is 8.25. The summed E-state index contributed by atoms with van der Waals surface area (Å²) in [5, 5.41) is 2.67. The molecule has 7 heteroatoms. The monoisotopic (exact) mass is 342 g/mol. The summed E-state index contributed by atoms with van der Waals surface area (Å²) in [6.45, 7) is 0.667. The van der Waals surface area contributed by atoms with Gasteiger partial charge in [-0.05, 0) is 37.1 Å². The van der Waals surface area contributed by atoms with E-state index in [1.807, 2.05) is 35.2 Å². The maximum Gasteiger partial charge on any atom is 0.273 e.